The number of nitrogens with one attached hydrogen (secondary N) is 1. The van der Waals surface area contributed by atoms with Crippen LogP contribution in [-0.4, -0.2) is 21.8 Å². The molecule has 2 N–H and O–H groups in total. The van der Waals surface area contributed by atoms with Crippen LogP contribution in [-0.2, 0) is 10.2 Å². The number of nitrogens with zero attached hydrogens (tertiary/aromatic N) is 1. The number of aliphatic hydroxyl groups is 1. The molecule has 1 heterocycles. The fraction of sp³-hybridized carbons (Fsp3) is 0.429. The quantitative estimate of drug-likeness (QED) is 0.751. The number of hydrogen-bond acceptors (Lipinski definition) is 4. The van der Waals surface area contributed by atoms with Gasteiger partial charge in [-0.1, -0.05) is 30.2 Å². The van der Waals surface area contributed by atoms with Gasteiger partial charge in [0.25, 0.3) is 0 Å². The largest absolute Gasteiger partial charge is 0.444 e. The average Bonchev–Trinajstić information content (AvgIpc) is 2.54. The maximum absolute atomic E-state index is 11.9. The molecule has 0 radical (unpaired) electrons. The number of amides is 1. The second-order valence-corrected chi connectivity index (χ2v) is 8.45. The summed E-state index contributed by atoms with van der Waals surface area (Å²) in [6.45, 7) is 5.41. The van der Waals surface area contributed by atoms with Crippen molar-refractivity contribution in [2.24, 2.45) is 0 Å². The molecule has 1 amide bonds. The zero-order valence-electron chi connectivity index (χ0n) is 15.8. The van der Waals surface area contributed by atoms with Gasteiger partial charge in [-0.25, -0.2) is 4.79 Å². The standard InChI is InChI=1S/C21H25ClN2O3/c1-20(2,3)27-19(26)24-16-9-10-17(23-13-16)18(25)21(11-4-12-21)14-5-7-15(22)8-6-14/h5-10,13,18,25H,4,11-12H2,1-3H3,(H,24,26). The van der Waals surface area contributed by atoms with Crippen LogP contribution in [0.25, 0.3) is 0 Å². The summed E-state index contributed by atoms with van der Waals surface area (Å²) in [5.41, 5.74) is 1.28. The molecule has 1 aliphatic carbocycles. The van der Waals surface area contributed by atoms with Crippen molar-refractivity contribution in [1.29, 1.82) is 0 Å². The summed E-state index contributed by atoms with van der Waals surface area (Å²) in [5, 5.41) is 14.4. The minimum atomic E-state index is -0.719. The number of benzene rings is 1. The lowest BCUT2D eigenvalue weighted by Gasteiger charge is -2.45. The molecule has 1 unspecified atom stereocenters. The molecule has 0 bridgehead atoms. The first-order valence-corrected chi connectivity index (χ1v) is 9.47. The van der Waals surface area contributed by atoms with E-state index in [1.54, 1.807) is 32.9 Å². The summed E-state index contributed by atoms with van der Waals surface area (Å²) in [6, 6.07) is 11.1. The van der Waals surface area contributed by atoms with Gasteiger partial charge in [-0.05, 0) is 63.4 Å². The van der Waals surface area contributed by atoms with Crippen molar-refractivity contribution in [2.45, 2.75) is 57.2 Å². The van der Waals surface area contributed by atoms with Gasteiger partial charge in [0.05, 0.1) is 17.6 Å². The lowest BCUT2D eigenvalue weighted by molar-refractivity contribution is 0.0238. The van der Waals surface area contributed by atoms with Gasteiger partial charge in [-0.2, -0.15) is 0 Å². The highest BCUT2D eigenvalue weighted by Gasteiger charge is 2.46. The fourth-order valence-electron chi connectivity index (χ4n) is 3.41. The van der Waals surface area contributed by atoms with Crippen molar-refractivity contribution in [1.82, 2.24) is 4.98 Å². The van der Waals surface area contributed by atoms with E-state index in [9.17, 15) is 9.90 Å². The summed E-state index contributed by atoms with van der Waals surface area (Å²) in [5.74, 6) is 0. The highest BCUT2D eigenvalue weighted by Crippen LogP contribution is 2.51. The molecular formula is C21H25ClN2O3. The van der Waals surface area contributed by atoms with Gasteiger partial charge in [-0.3, -0.25) is 10.3 Å². The maximum atomic E-state index is 11.9. The average molecular weight is 389 g/mol. The topological polar surface area (TPSA) is 71.5 Å². The van der Waals surface area contributed by atoms with Crippen molar-refractivity contribution in [3.05, 3.63) is 58.9 Å². The number of aromatic nitrogens is 1. The predicted molar refractivity (Wildman–Crippen MR) is 106 cm³/mol. The Hall–Kier alpha value is -2.11. The molecular weight excluding hydrogens is 364 g/mol. The van der Waals surface area contributed by atoms with Crippen LogP contribution >= 0.6 is 11.6 Å². The molecule has 1 aliphatic rings. The zero-order valence-corrected chi connectivity index (χ0v) is 16.6. The van der Waals surface area contributed by atoms with Crippen LogP contribution in [0.2, 0.25) is 5.02 Å². The van der Waals surface area contributed by atoms with Crippen LogP contribution in [0.1, 0.15) is 57.4 Å². The molecule has 6 heteroatoms. The third-order valence-electron chi connectivity index (χ3n) is 4.90. The normalized spacial score (nSPS) is 16.9. The van der Waals surface area contributed by atoms with E-state index < -0.39 is 17.8 Å². The molecule has 27 heavy (non-hydrogen) atoms. The molecule has 0 spiro atoms. The molecule has 1 saturated carbocycles. The van der Waals surface area contributed by atoms with E-state index >= 15 is 0 Å². The summed E-state index contributed by atoms with van der Waals surface area (Å²) < 4.78 is 5.23. The number of rotatable bonds is 4. The predicted octanol–water partition coefficient (Wildman–Crippen LogP) is 5.24. The Morgan fingerprint density at radius 2 is 1.89 bits per heavy atom. The number of carbonyl (C=O) groups is 1. The van der Waals surface area contributed by atoms with E-state index in [1.807, 2.05) is 24.3 Å². The first-order valence-electron chi connectivity index (χ1n) is 9.10. The lowest BCUT2D eigenvalue weighted by Crippen LogP contribution is -2.40. The molecule has 0 aliphatic heterocycles. The third kappa shape index (κ3) is 4.42. The van der Waals surface area contributed by atoms with Gasteiger partial charge in [0.15, 0.2) is 0 Å². The first kappa shape index (κ1) is 19.6. The maximum Gasteiger partial charge on any atom is 0.412 e. The summed E-state index contributed by atoms with van der Waals surface area (Å²) in [6.07, 6.45) is 3.15. The van der Waals surface area contributed by atoms with Crippen LogP contribution in [0.4, 0.5) is 10.5 Å². The highest BCUT2D eigenvalue weighted by molar-refractivity contribution is 6.30. The minimum absolute atomic E-state index is 0.336. The number of ether oxygens (including phenoxy) is 1. The first-order chi connectivity index (χ1) is 12.7. The summed E-state index contributed by atoms with van der Waals surface area (Å²) in [7, 11) is 0. The monoisotopic (exact) mass is 388 g/mol. The Labute approximate surface area is 164 Å². The van der Waals surface area contributed by atoms with E-state index in [4.69, 9.17) is 16.3 Å². The van der Waals surface area contributed by atoms with Crippen molar-refractivity contribution in [3.63, 3.8) is 0 Å². The SMILES string of the molecule is CC(C)(C)OC(=O)Nc1ccc(C(O)C2(c3ccc(Cl)cc3)CCC2)nc1. The van der Waals surface area contributed by atoms with Gasteiger partial charge in [0, 0.05) is 10.4 Å². The van der Waals surface area contributed by atoms with Crippen molar-refractivity contribution >= 4 is 23.4 Å². The van der Waals surface area contributed by atoms with Gasteiger partial charge < -0.3 is 9.84 Å². The zero-order chi connectivity index (χ0) is 19.7. The van der Waals surface area contributed by atoms with Crippen LogP contribution in [0.5, 0.6) is 0 Å². The van der Waals surface area contributed by atoms with Gasteiger partial charge >= 0.3 is 6.09 Å². The highest BCUT2D eigenvalue weighted by atomic mass is 35.5. The molecule has 1 aromatic carbocycles. The van der Waals surface area contributed by atoms with Crippen LogP contribution in [0.15, 0.2) is 42.6 Å². The minimum Gasteiger partial charge on any atom is -0.444 e. The molecule has 1 atom stereocenters. The smallest absolute Gasteiger partial charge is 0.412 e. The van der Waals surface area contributed by atoms with Crippen LogP contribution in [0.3, 0.4) is 0 Å². The summed E-state index contributed by atoms with van der Waals surface area (Å²) in [4.78, 5) is 16.2. The second kappa shape index (κ2) is 7.49. The molecule has 2 aromatic rings. The van der Waals surface area contributed by atoms with Crippen molar-refractivity contribution in [2.75, 3.05) is 5.32 Å². The molecule has 0 saturated heterocycles. The van der Waals surface area contributed by atoms with E-state index in [2.05, 4.69) is 10.3 Å². The Kier molecular flexibility index (Phi) is 5.45. The lowest BCUT2D eigenvalue weighted by atomic mass is 9.60. The van der Waals surface area contributed by atoms with Gasteiger partial charge in [0.2, 0.25) is 0 Å². The van der Waals surface area contributed by atoms with Gasteiger partial charge in [-0.15, -0.1) is 0 Å². The second-order valence-electron chi connectivity index (χ2n) is 8.02. The molecule has 1 fully saturated rings. The van der Waals surface area contributed by atoms with E-state index in [0.29, 0.717) is 16.4 Å². The molecule has 1 aromatic heterocycles. The number of carbonyl (C=O) groups excluding carboxylic acids is 1. The summed E-state index contributed by atoms with van der Waals surface area (Å²) >= 11 is 6.00. The fourth-order valence-corrected chi connectivity index (χ4v) is 3.53. The van der Waals surface area contributed by atoms with Crippen LogP contribution in [0, 0.1) is 0 Å². The van der Waals surface area contributed by atoms with Crippen molar-refractivity contribution < 1.29 is 14.6 Å². The Morgan fingerprint density at radius 3 is 2.37 bits per heavy atom. The number of halogens is 1. The third-order valence-corrected chi connectivity index (χ3v) is 5.15. The Morgan fingerprint density at radius 1 is 1.22 bits per heavy atom. The van der Waals surface area contributed by atoms with E-state index in [0.717, 1.165) is 24.8 Å². The van der Waals surface area contributed by atoms with Crippen LogP contribution < -0.4 is 5.32 Å². The Balaban J connectivity index is 1.74. The van der Waals surface area contributed by atoms with Gasteiger partial charge in [0.1, 0.15) is 11.7 Å². The van der Waals surface area contributed by atoms with E-state index in [-0.39, 0.29) is 5.41 Å². The molecule has 3 rings (SSSR count). The van der Waals surface area contributed by atoms with Crippen molar-refractivity contribution in [3.8, 4) is 0 Å². The number of anilines is 1. The van der Waals surface area contributed by atoms with E-state index in [1.165, 1.54) is 6.20 Å². The number of pyridine rings is 1. The molecule has 144 valence electrons. The molecule has 5 nitrogen and oxygen atoms in total. The number of aliphatic hydroxyl groups excluding tert-OH is 1. The Bertz CT molecular complexity index is 794. The number of hydrogen-bond donors (Lipinski definition) is 2.